The lowest BCUT2D eigenvalue weighted by atomic mass is 10.1. The molecule has 3 nitrogen and oxygen atoms in total. The molecule has 0 aliphatic carbocycles. The Morgan fingerprint density at radius 1 is 1.28 bits per heavy atom. The second-order valence-corrected chi connectivity index (χ2v) is 5.86. The summed E-state index contributed by atoms with van der Waals surface area (Å²) in [7, 11) is 0. The van der Waals surface area contributed by atoms with E-state index in [1.807, 2.05) is 32.9 Å². The lowest BCUT2D eigenvalue weighted by Gasteiger charge is -2.20. The highest BCUT2D eigenvalue weighted by Gasteiger charge is 2.13. The van der Waals surface area contributed by atoms with Gasteiger partial charge in [0.15, 0.2) is 0 Å². The van der Waals surface area contributed by atoms with E-state index < -0.39 is 0 Å². The zero-order chi connectivity index (χ0) is 13.8. The molecule has 0 fully saturated rings. The van der Waals surface area contributed by atoms with Crippen molar-refractivity contribution in [2.45, 2.75) is 32.7 Å². The summed E-state index contributed by atoms with van der Waals surface area (Å²) in [6.07, 6.45) is 0.389. The molecular formula is C13H18Cl2N2O. The van der Waals surface area contributed by atoms with Crippen molar-refractivity contribution >= 4 is 34.8 Å². The molecule has 100 valence electrons. The fraction of sp³-hybridized carbons (Fsp3) is 0.462. The van der Waals surface area contributed by atoms with E-state index in [0.717, 1.165) is 5.69 Å². The number of halogens is 2. The first-order valence-electron chi connectivity index (χ1n) is 5.78. The summed E-state index contributed by atoms with van der Waals surface area (Å²) in [5.74, 6) is 0.00755. The van der Waals surface area contributed by atoms with Crippen LogP contribution in [0.15, 0.2) is 18.2 Å². The minimum atomic E-state index is -0.204. The molecule has 0 heterocycles. The predicted molar refractivity (Wildman–Crippen MR) is 77.5 cm³/mol. The molecule has 0 saturated heterocycles. The Morgan fingerprint density at radius 3 is 2.56 bits per heavy atom. The number of anilines is 1. The predicted octanol–water partition coefficient (Wildman–Crippen LogP) is 3.71. The minimum Gasteiger partial charge on any atom is -0.383 e. The van der Waals surface area contributed by atoms with Crippen LogP contribution in [0, 0.1) is 0 Å². The van der Waals surface area contributed by atoms with Crippen LogP contribution in [0.3, 0.4) is 0 Å². The van der Waals surface area contributed by atoms with Crippen LogP contribution in [0.1, 0.15) is 27.2 Å². The number of carbonyl (C=O) groups is 1. The molecule has 1 rings (SSSR count). The zero-order valence-electron chi connectivity index (χ0n) is 10.8. The average molecular weight is 289 g/mol. The largest absolute Gasteiger partial charge is 0.383 e. The van der Waals surface area contributed by atoms with Gasteiger partial charge < -0.3 is 10.6 Å². The van der Waals surface area contributed by atoms with Crippen LogP contribution in [-0.4, -0.2) is 18.0 Å². The fourth-order valence-corrected chi connectivity index (χ4v) is 1.80. The van der Waals surface area contributed by atoms with E-state index in [0.29, 0.717) is 23.0 Å². The SMILES string of the molecule is CC(C)(C)NC(=O)CCNc1cccc(Cl)c1Cl. The third kappa shape index (κ3) is 5.15. The first-order chi connectivity index (χ1) is 8.29. The van der Waals surface area contributed by atoms with Crippen molar-refractivity contribution in [3.8, 4) is 0 Å². The van der Waals surface area contributed by atoms with Crippen LogP contribution in [0.4, 0.5) is 5.69 Å². The van der Waals surface area contributed by atoms with Crippen molar-refractivity contribution in [1.29, 1.82) is 0 Å². The van der Waals surface area contributed by atoms with Gasteiger partial charge in [-0.15, -0.1) is 0 Å². The van der Waals surface area contributed by atoms with E-state index >= 15 is 0 Å². The molecule has 18 heavy (non-hydrogen) atoms. The Morgan fingerprint density at radius 2 is 1.94 bits per heavy atom. The molecule has 0 aliphatic rings. The van der Waals surface area contributed by atoms with Crippen molar-refractivity contribution in [2.75, 3.05) is 11.9 Å². The molecule has 0 bridgehead atoms. The monoisotopic (exact) mass is 288 g/mol. The number of nitrogens with one attached hydrogen (secondary N) is 2. The van der Waals surface area contributed by atoms with Gasteiger partial charge in [-0.25, -0.2) is 0 Å². The van der Waals surface area contributed by atoms with Gasteiger partial charge in [0.25, 0.3) is 0 Å². The summed E-state index contributed by atoms with van der Waals surface area (Å²) < 4.78 is 0. The van der Waals surface area contributed by atoms with Crippen LogP contribution in [0.25, 0.3) is 0 Å². The fourth-order valence-electron chi connectivity index (χ4n) is 1.43. The summed E-state index contributed by atoms with van der Waals surface area (Å²) >= 11 is 11.9. The number of hydrogen-bond donors (Lipinski definition) is 2. The highest BCUT2D eigenvalue weighted by atomic mass is 35.5. The maximum atomic E-state index is 11.6. The molecule has 2 N–H and O–H groups in total. The van der Waals surface area contributed by atoms with Crippen LogP contribution >= 0.6 is 23.2 Å². The summed E-state index contributed by atoms with van der Waals surface area (Å²) in [6, 6.07) is 5.36. The molecule has 0 aromatic heterocycles. The molecule has 0 aliphatic heterocycles. The molecule has 0 radical (unpaired) electrons. The summed E-state index contributed by atoms with van der Waals surface area (Å²) in [6.45, 7) is 6.37. The molecule has 5 heteroatoms. The highest BCUT2D eigenvalue weighted by molar-refractivity contribution is 6.43. The van der Waals surface area contributed by atoms with Crippen LogP contribution in [0.2, 0.25) is 10.0 Å². The van der Waals surface area contributed by atoms with E-state index in [1.54, 1.807) is 6.07 Å². The molecule has 0 saturated carbocycles. The highest BCUT2D eigenvalue weighted by Crippen LogP contribution is 2.29. The lowest BCUT2D eigenvalue weighted by molar-refractivity contribution is -0.122. The molecule has 1 amide bonds. The molecule has 1 aromatic rings. The maximum Gasteiger partial charge on any atom is 0.222 e. The van der Waals surface area contributed by atoms with Gasteiger partial charge in [-0.05, 0) is 32.9 Å². The normalized spacial score (nSPS) is 11.2. The van der Waals surface area contributed by atoms with Crippen LogP contribution in [-0.2, 0) is 4.79 Å². The first-order valence-corrected chi connectivity index (χ1v) is 6.54. The average Bonchev–Trinajstić information content (AvgIpc) is 2.21. The Hall–Kier alpha value is -0.930. The number of amides is 1. The zero-order valence-corrected chi connectivity index (χ0v) is 12.3. The second kappa shape index (κ2) is 6.30. The molecular weight excluding hydrogens is 271 g/mol. The van der Waals surface area contributed by atoms with E-state index in [1.165, 1.54) is 0 Å². The molecule has 0 unspecified atom stereocenters. The van der Waals surface area contributed by atoms with Gasteiger partial charge in [0.05, 0.1) is 15.7 Å². The summed E-state index contributed by atoms with van der Waals surface area (Å²) in [5.41, 5.74) is 0.540. The first kappa shape index (κ1) is 15.1. The number of carbonyl (C=O) groups excluding carboxylic acids is 1. The quantitative estimate of drug-likeness (QED) is 0.887. The van der Waals surface area contributed by atoms with Crippen molar-refractivity contribution in [1.82, 2.24) is 5.32 Å². The van der Waals surface area contributed by atoms with Gasteiger partial charge in [-0.2, -0.15) is 0 Å². The Bertz CT molecular complexity index is 427. The molecule has 0 atom stereocenters. The number of rotatable bonds is 4. The van der Waals surface area contributed by atoms with E-state index in [2.05, 4.69) is 10.6 Å². The lowest BCUT2D eigenvalue weighted by Crippen LogP contribution is -2.41. The minimum absolute atomic E-state index is 0.00755. The van der Waals surface area contributed by atoms with E-state index in [4.69, 9.17) is 23.2 Å². The Balaban J connectivity index is 2.43. The van der Waals surface area contributed by atoms with Crippen molar-refractivity contribution in [3.05, 3.63) is 28.2 Å². The van der Waals surface area contributed by atoms with Gasteiger partial charge >= 0.3 is 0 Å². The molecule has 0 spiro atoms. The summed E-state index contributed by atoms with van der Waals surface area (Å²) in [5, 5.41) is 6.97. The third-order valence-electron chi connectivity index (χ3n) is 2.13. The van der Waals surface area contributed by atoms with Crippen molar-refractivity contribution < 1.29 is 4.79 Å². The van der Waals surface area contributed by atoms with E-state index in [-0.39, 0.29) is 11.4 Å². The number of benzene rings is 1. The van der Waals surface area contributed by atoms with Gasteiger partial charge in [-0.1, -0.05) is 29.3 Å². The van der Waals surface area contributed by atoms with E-state index in [9.17, 15) is 4.79 Å². The van der Waals surface area contributed by atoms with Crippen LogP contribution in [0.5, 0.6) is 0 Å². The standard InChI is InChI=1S/C13H18Cl2N2O/c1-13(2,3)17-11(18)7-8-16-10-6-4-5-9(14)12(10)15/h4-6,16H,7-8H2,1-3H3,(H,17,18). The second-order valence-electron chi connectivity index (χ2n) is 5.08. The maximum absolute atomic E-state index is 11.6. The number of hydrogen-bond acceptors (Lipinski definition) is 2. The van der Waals surface area contributed by atoms with Crippen LogP contribution < -0.4 is 10.6 Å². The van der Waals surface area contributed by atoms with Crippen molar-refractivity contribution in [3.63, 3.8) is 0 Å². The van der Waals surface area contributed by atoms with Gasteiger partial charge in [0, 0.05) is 18.5 Å². The Kier molecular flexibility index (Phi) is 5.29. The van der Waals surface area contributed by atoms with Crippen molar-refractivity contribution in [2.24, 2.45) is 0 Å². The van der Waals surface area contributed by atoms with Gasteiger partial charge in [-0.3, -0.25) is 4.79 Å². The Labute approximate surface area is 118 Å². The smallest absolute Gasteiger partial charge is 0.222 e. The van der Waals surface area contributed by atoms with Gasteiger partial charge in [0.1, 0.15) is 0 Å². The topological polar surface area (TPSA) is 41.1 Å². The van der Waals surface area contributed by atoms with Gasteiger partial charge in [0.2, 0.25) is 5.91 Å². The summed E-state index contributed by atoms with van der Waals surface area (Å²) in [4.78, 5) is 11.6. The third-order valence-corrected chi connectivity index (χ3v) is 2.95. The molecule has 1 aromatic carbocycles.